The fourth-order valence-corrected chi connectivity index (χ4v) is 5.71. The summed E-state index contributed by atoms with van der Waals surface area (Å²) in [7, 11) is 1.35. The summed E-state index contributed by atoms with van der Waals surface area (Å²) in [5.74, 6) is 0.491. The zero-order valence-corrected chi connectivity index (χ0v) is 17.9. The molecule has 0 radical (unpaired) electrons. The fourth-order valence-electron chi connectivity index (χ4n) is 5.71. The second-order valence-corrected chi connectivity index (χ2v) is 9.36. The molecule has 6 rings (SSSR count). The van der Waals surface area contributed by atoms with Crippen LogP contribution in [0.4, 0.5) is 4.39 Å². The van der Waals surface area contributed by atoms with E-state index >= 15 is 0 Å². The van der Waals surface area contributed by atoms with Gasteiger partial charge in [-0.2, -0.15) is 0 Å². The molecule has 2 aliphatic carbocycles. The van der Waals surface area contributed by atoms with Crippen LogP contribution in [0, 0.1) is 11.7 Å². The smallest absolute Gasteiger partial charge is 0.337 e. The summed E-state index contributed by atoms with van der Waals surface area (Å²) in [6.45, 7) is 1.33. The Kier molecular flexibility index (Phi) is 4.20. The zero-order valence-electron chi connectivity index (χ0n) is 17.9. The first-order chi connectivity index (χ1) is 15.4. The number of nitrogens with two attached hydrogens (primary N) is 2. The van der Waals surface area contributed by atoms with Crippen LogP contribution in [-0.2, 0) is 16.8 Å². The van der Waals surface area contributed by atoms with Crippen molar-refractivity contribution in [3.05, 3.63) is 64.6 Å². The van der Waals surface area contributed by atoms with Crippen molar-refractivity contribution in [1.82, 2.24) is 4.57 Å². The average Bonchev–Trinajstić information content (AvgIpc) is 3.51. The van der Waals surface area contributed by atoms with Crippen LogP contribution in [0.5, 0.6) is 5.75 Å². The molecule has 1 aromatic heterocycles. The average molecular weight is 435 g/mol. The van der Waals surface area contributed by atoms with Gasteiger partial charge in [-0.05, 0) is 67.1 Å². The van der Waals surface area contributed by atoms with Gasteiger partial charge in [0.05, 0.1) is 30.9 Å². The van der Waals surface area contributed by atoms with E-state index in [-0.39, 0.29) is 11.7 Å². The molecule has 3 aliphatic rings. The minimum absolute atomic E-state index is 0.0601. The highest BCUT2D eigenvalue weighted by Gasteiger charge is 2.54. The van der Waals surface area contributed by atoms with Gasteiger partial charge in [0.1, 0.15) is 11.6 Å². The van der Waals surface area contributed by atoms with Crippen molar-refractivity contribution in [3.8, 4) is 5.75 Å². The van der Waals surface area contributed by atoms with Gasteiger partial charge in [-0.3, -0.25) is 0 Å². The number of ether oxygens (including phenoxy) is 2. The molecule has 1 aliphatic heterocycles. The van der Waals surface area contributed by atoms with Crippen LogP contribution in [-0.4, -0.2) is 24.3 Å². The molecule has 0 amide bonds. The van der Waals surface area contributed by atoms with Crippen molar-refractivity contribution in [2.45, 2.75) is 43.3 Å². The standard InChI is InChI=1S/C25H26FN3O3/c1-31-24(30)15-9-17-22-18(6-7-32-20(22)10-15)25(28,23(17)27)21-11-14-8-16(26)4-5-19(14)29(21)12-13-2-3-13/h4-5,8-11,13,18,23H,2-3,6-7,12,27-28H2,1H3/t18?,23?,25-/m1/s1. The molecular weight excluding hydrogens is 409 g/mol. The number of rotatable bonds is 4. The highest BCUT2D eigenvalue weighted by atomic mass is 19.1. The van der Waals surface area contributed by atoms with E-state index in [1.165, 1.54) is 26.0 Å². The van der Waals surface area contributed by atoms with E-state index in [9.17, 15) is 9.18 Å². The third-order valence-electron chi connectivity index (χ3n) is 7.48. The fraction of sp³-hybridized carbons (Fsp3) is 0.400. The summed E-state index contributed by atoms with van der Waals surface area (Å²) in [4.78, 5) is 12.3. The predicted molar refractivity (Wildman–Crippen MR) is 118 cm³/mol. The van der Waals surface area contributed by atoms with Crippen LogP contribution in [0.15, 0.2) is 36.4 Å². The molecule has 3 atom stereocenters. The van der Waals surface area contributed by atoms with Gasteiger partial charge in [-0.1, -0.05) is 0 Å². The maximum absolute atomic E-state index is 14.0. The van der Waals surface area contributed by atoms with Crippen LogP contribution in [0.3, 0.4) is 0 Å². The number of esters is 1. The summed E-state index contributed by atoms with van der Waals surface area (Å²) in [6.07, 6.45) is 3.10. The Balaban J connectivity index is 1.56. The third-order valence-corrected chi connectivity index (χ3v) is 7.48. The molecule has 2 aromatic carbocycles. The van der Waals surface area contributed by atoms with E-state index in [0.717, 1.165) is 40.7 Å². The Bertz CT molecular complexity index is 1270. The van der Waals surface area contributed by atoms with E-state index < -0.39 is 17.6 Å². The monoisotopic (exact) mass is 435 g/mol. The van der Waals surface area contributed by atoms with Crippen molar-refractivity contribution in [3.63, 3.8) is 0 Å². The maximum atomic E-state index is 14.0. The number of hydrogen-bond acceptors (Lipinski definition) is 5. The lowest BCUT2D eigenvalue weighted by atomic mass is 9.77. The highest BCUT2D eigenvalue weighted by Crippen LogP contribution is 2.58. The Morgan fingerprint density at radius 1 is 1.25 bits per heavy atom. The van der Waals surface area contributed by atoms with Gasteiger partial charge < -0.3 is 25.5 Å². The third kappa shape index (κ3) is 2.67. The minimum atomic E-state index is -0.903. The highest BCUT2D eigenvalue weighted by molar-refractivity contribution is 5.91. The van der Waals surface area contributed by atoms with Crippen molar-refractivity contribution in [1.29, 1.82) is 0 Å². The van der Waals surface area contributed by atoms with Crippen molar-refractivity contribution < 1.29 is 18.7 Å². The predicted octanol–water partition coefficient (Wildman–Crippen LogP) is 3.71. The molecule has 0 spiro atoms. The lowest BCUT2D eigenvalue weighted by molar-refractivity contribution is 0.0600. The molecule has 2 heterocycles. The van der Waals surface area contributed by atoms with E-state index in [1.54, 1.807) is 18.2 Å². The molecule has 1 saturated carbocycles. The second-order valence-electron chi connectivity index (χ2n) is 9.36. The topological polar surface area (TPSA) is 92.5 Å². The van der Waals surface area contributed by atoms with Crippen LogP contribution in [0.2, 0.25) is 0 Å². The summed E-state index contributed by atoms with van der Waals surface area (Å²) in [5.41, 5.74) is 17.4. The van der Waals surface area contributed by atoms with Crippen LogP contribution >= 0.6 is 0 Å². The van der Waals surface area contributed by atoms with Gasteiger partial charge in [-0.15, -0.1) is 0 Å². The van der Waals surface area contributed by atoms with E-state index in [2.05, 4.69) is 4.57 Å². The van der Waals surface area contributed by atoms with Gasteiger partial charge in [0, 0.05) is 34.6 Å². The Morgan fingerprint density at radius 2 is 2.06 bits per heavy atom. The van der Waals surface area contributed by atoms with Gasteiger partial charge in [-0.25, -0.2) is 9.18 Å². The van der Waals surface area contributed by atoms with Crippen LogP contribution in [0.1, 0.15) is 58.4 Å². The molecule has 7 heteroatoms. The molecular formula is C25H26FN3O3. The largest absolute Gasteiger partial charge is 0.493 e. The molecule has 1 fully saturated rings. The number of methoxy groups -OCH3 is 1. The number of benzene rings is 2. The van der Waals surface area contributed by atoms with Crippen LogP contribution in [0.25, 0.3) is 10.9 Å². The SMILES string of the molecule is COC(=O)c1cc2c3c(c1)C(N)[C@](N)(c1cc4cc(F)ccc4n1CC1CC1)C3CCO2. The Labute approximate surface area is 185 Å². The summed E-state index contributed by atoms with van der Waals surface area (Å²) in [5, 5.41) is 0.830. The number of halogens is 1. The second kappa shape index (κ2) is 6.80. The van der Waals surface area contributed by atoms with Gasteiger partial charge >= 0.3 is 5.97 Å². The molecule has 3 aromatic rings. The normalized spacial score (nSPS) is 26.1. The Morgan fingerprint density at radius 3 is 2.81 bits per heavy atom. The van der Waals surface area contributed by atoms with Crippen molar-refractivity contribution in [2.75, 3.05) is 13.7 Å². The van der Waals surface area contributed by atoms with Gasteiger partial charge in [0.15, 0.2) is 0 Å². The van der Waals surface area contributed by atoms with E-state index in [1.807, 2.05) is 12.1 Å². The summed E-state index contributed by atoms with van der Waals surface area (Å²) < 4.78 is 27.2. The molecule has 166 valence electrons. The first-order valence-corrected chi connectivity index (χ1v) is 11.1. The maximum Gasteiger partial charge on any atom is 0.337 e. The number of hydrogen-bond donors (Lipinski definition) is 2. The zero-order chi connectivity index (χ0) is 22.2. The number of nitrogens with zero attached hydrogens (tertiary/aromatic N) is 1. The first-order valence-electron chi connectivity index (χ1n) is 11.1. The van der Waals surface area contributed by atoms with E-state index in [0.29, 0.717) is 23.8 Å². The molecule has 0 saturated heterocycles. The first kappa shape index (κ1) is 19.8. The Hall–Kier alpha value is -2.90. The van der Waals surface area contributed by atoms with Crippen molar-refractivity contribution >= 4 is 16.9 Å². The van der Waals surface area contributed by atoms with Gasteiger partial charge in [0.25, 0.3) is 0 Å². The molecule has 2 unspecified atom stereocenters. The summed E-state index contributed by atoms with van der Waals surface area (Å²) >= 11 is 0. The van der Waals surface area contributed by atoms with Gasteiger partial charge in [0.2, 0.25) is 0 Å². The number of fused-ring (bicyclic) bond motifs is 1. The lowest BCUT2D eigenvalue weighted by Crippen LogP contribution is -2.49. The summed E-state index contributed by atoms with van der Waals surface area (Å²) in [6, 6.07) is 9.87. The number of carbonyl (C=O) groups excluding carboxylic acids is 1. The molecule has 0 bridgehead atoms. The lowest BCUT2D eigenvalue weighted by Gasteiger charge is -2.38. The molecule has 32 heavy (non-hydrogen) atoms. The quantitative estimate of drug-likeness (QED) is 0.610. The van der Waals surface area contributed by atoms with E-state index in [4.69, 9.17) is 20.9 Å². The minimum Gasteiger partial charge on any atom is -0.493 e. The van der Waals surface area contributed by atoms with Crippen molar-refractivity contribution in [2.24, 2.45) is 17.4 Å². The number of carbonyl (C=O) groups is 1. The molecule has 6 nitrogen and oxygen atoms in total. The molecule has 4 N–H and O–H groups in total. The van der Waals surface area contributed by atoms with Crippen LogP contribution < -0.4 is 16.2 Å². The number of aromatic nitrogens is 1.